The van der Waals surface area contributed by atoms with Crippen molar-refractivity contribution in [1.82, 2.24) is 9.80 Å². The zero-order valence-electron chi connectivity index (χ0n) is 15.1. The van der Waals surface area contributed by atoms with E-state index < -0.39 is 0 Å². The Morgan fingerprint density at radius 2 is 1.77 bits per heavy atom. The van der Waals surface area contributed by atoms with Crippen molar-refractivity contribution in [1.29, 1.82) is 0 Å². The summed E-state index contributed by atoms with van der Waals surface area (Å²) in [7, 11) is 0. The molecule has 1 saturated heterocycles. The molecule has 2 aromatic rings. The van der Waals surface area contributed by atoms with Crippen molar-refractivity contribution in [2.75, 3.05) is 31.5 Å². The van der Waals surface area contributed by atoms with E-state index in [2.05, 4.69) is 47.2 Å². The van der Waals surface area contributed by atoms with Crippen molar-refractivity contribution >= 4 is 46.2 Å². The molecule has 0 aliphatic carbocycles. The second kappa shape index (κ2) is 8.57. The summed E-state index contributed by atoms with van der Waals surface area (Å²) in [5, 5.41) is 5.58. The molecule has 138 valence electrons. The highest BCUT2D eigenvalue weighted by molar-refractivity contribution is 7.80. The van der Waals surface area contributed by atoms with Crippen molar-refractivity contribution in [3.8, 4) is 0 Å². The number of piperazine rings is 1. The minimum atomic E-state index is 0.673. The van der Waals surface area contributed by atoms with Gasteiger partial charge in [-0.15, -0.1) is 0 Å². The maximum atomic E-state index is 6.29. The van der Waals surface area contributed by atoms with Gasteiger partial charge in [0.2, 0.25) is 0 Å². The van der Waals surface area contributed by atoms with Crippen LogP contribution in [0.3, 0.4) is 0 Å². The second-order valence-corrected chi connectivity index (χ2v) is 7.98. The molecule has 0 atom stereocenters. The standard InChI is InChI=1S/C20H23Cl2N3S/c1-14-3-6-19(15(2)11-14)23-20(26)25-9-7-24(8-10-25)13-16-4-5-17(21)12-18(16)22/h3-6,11-12H,7-10,13H2,1-2H3,(H,23,26). The summed E-state index contributed by atoms with van der Waals surface area (Å²) in [5.41, 5.74) is 4.66. The van der Waals surface area contributed by atoms with Crippen LogP contribution < -0.4 is 5.32 Å². The molecule has 0 aromatic heterocycles. The SMILES string of the molecule is Cc1ccc(NC(=S)N2CCN(Cc3ccc(Cl)cc3Cl)CC2)c(C)c1. The number of thiocarbonyl (C=S) groups is 1. The van der Waals surface area contributed by atoms with E-state index in [9.17, 15) is 0 Å². The van der Waals surface area contributed by atoms with Gasteiger partial charge >= 0.3 is 0 Å². The van der Waals surface area contributed by atoms with Crippen molar-refractivity contribution in [3.63, 3.8) is 0 Å². The van der Waals surface area contributed by atoms with Crippen molar-refractivity contribution in [3.05, 3.63) is 63.1 Å². The van der Waals surface area contributed by atoms with E-state index in [1.807, 2.05) is 12.1 Å². The molecule has 0 amide bonds. The molecule has 6 heteroatoms. The number of nitrogens with one attached hydrogen (secondary N) is 1. The molecule has 0 saturated carbocycles. The molecule has 1 N–H and O–H groups in total. The number of halogens is 2. The molecule has 3 rings (SSSR count). The predicted molar refractivity (Wildman–Crippen MR) is 115 cm³/mol. The van der Waals surface area contributed by atoms with Gasteiger partial charge < -0.3 is 10.2 Å². The molecule has 1 fully saturated rings. The predicted octanol–water partition coefficient (Wildman–Crippen LogP) is 5.12. The minimum Gasteiger partial charge on any atom is -0.346 e. The number of rotatable bonds is 3. The fourth-order valence-electron chi connectivity index (χ4n) is 3.15. The van der Waals surface area contributed by atoms with Crippen LogP contribution in [0.4, 0.5) is 5.69 Å². The summed E-state index contributed by atoms with van der Waals surface area (Å²) in [6.07, 6.45) is 0. The average Bonchev–Trinajstić information content (AvgIpc) is 2.60. The molecular formula is C20H23Cl2N3S. The van der Waals surface area contributed by atoms with Crippen LogP contribution in [0.2, 0.25) is 10.0 Å². The fourth-order valence-corrected chi connectivity index (χ4v) is 3.91. The Labute approximate surface area is 170 Å². The quantitative estimate of drug-likeness (QED) is 0.710. The zero-order valence-corrected chi connectivity index (χ0v) is 17.4. The van der Waals surface area contributed by atoms with Crippen LogP contribution in [0.15, 0.2) is 36.4 Å². The normalized spacial score (nSPS) is 15.2. The van der Waals surface area contributed by atoms with Gasteiger partial charge in [-0.05, 0) is 55.4 Å². The average molecular weight is 408 g/mol. The van der Waals surface area contributed by atoms with Gasteiger partial charge in [-0.2, -0.15) is 0 Å². The highest BCUT2D eigenvalue weighted by atomic mass is 35.5. The zero-order chi connectivity index (χ0) is 18.7. The third-order valence-electron chi connectivity index (χ3n) is 4.69. The third-order valence-corrected chi connectivity index (χ3v) is 5.64. The van der Waals surface area contributed by atoms with Gasteiger partial charge in [0.1, 0.15) is 0 Å². The van der Waals surface area contributed by atoms with Gasteiger partial charge in [0.05, 0.1) is 0 Å². The molecule has 0 bridgehead atoms. The van der Waals surface area contributed by atoms with Crippen LogP contribution >= 0.6 is 35.4 Å². The lowest BCUT2D eigenvalue weighted by Gasteiger charge is -2.36. The third kappa shape index (κ3) is 4.89. The summed E-state index contributed by atoms with van der Waals surface area (Å²) in [5.74, 6) is 0. The van der Waals surface area contributed by atoms with Gasteiger partial charge in [-0.3, -0.25) is 4.90 Å². The number of hydrogen-bond acceptors (Lipinski definition) is 2. The lowest BCUT2D eigenvalue weighted by atomic mass is 10.1. The van der Waals surface area contributed by atoms with Crippen LogP contribution in [-0.4, -0.2) is 41.1 Å². The largest absolute Gasteiger partial charge is 0.346 e. The molecule has 1 heterocycles. The van der Waals surface area contributed by atoms with E-state index in [0.29, 0.717) is 5.02 Å². The van der Waals surface area contributed by atoms with Gasteiger partial charge in [0, 0.05) is 48.5 Å². The highest BCUT2D eigenvalue weighted by Crippen LogP contribution is 2.23. The molecule has 0 spiro atoms. The molecule has 2 aromatic carbocycles. The second-order valence-electron chi connectivity index (χ2n) is 6.75. The minimum absolute atomic E-state index is 0.673. The van der Waals surface area contributed by atoms with Crippen molar-refractivity contribution in [2.24, 2.45) is 0 Å². The molecule has 0 radical (unpaired) electrons. The molecule has 1 aliphatic rings. The Balaban J connectivity index is 1.53. The number of aryl methyl sites for hydroxylation is 2. The van der Waals surface area contributed by atoms with Crippen LogP contribution in [0, 0.1) is 13.8 Å². The Morgan fingerprint density at radius 3 is 2.42 bits per heavy atom. The summed E-state index contributed by atoms with van der Waals surface area (Å²) >= 11 is 17.9. The summed E-state index contributed by atoms with van der Waals surface area (Å²) in [6.45, 7) is 8.75. The van der Waals surface area contributed by atoms with Crippen LogP contribution in [0.5, 0.6) is 0 Å². The first kappa shape index (κ1) is 19.4. The molecule has 1 aliphatic heterocycles. The molecular weight excluding hydrogens is 385 g/mol. The van der Waals surface area contributed by atoms with E-state index in [1.165, 1.54) is 11.1 Å². The topological polar surface area (TPSA) is 18.5 Å². The molecule has 3 nitrogen and oxygen atoms in total. The lowest BCUT2D eigenvalue weighted by Crippen LogP contribution is -2.49. The van der Waals surface area contributed by atoms with E-state index in [4.69, 9.17) is 35.4 Å². The Hall–Kier alpha value is -1.33. The van der Waals surface area contributed by atoms with Crippen molar-refractivity contribution in [2.45, 2.75) is 20.4 Å². The Morgan fingerprint density at radius 1 is 1.04 bits per heavy atom. The lowest BCUT2D eigenvalue weighted by molar-refractivity contribution is 0.177. The van der Waals surface area contributed by atoms with Gasteiger partial charge in [-0.1, -0.05) is 47.0 Å². The van der Waals surface area contributed by atoms with Gasteiger partial charge in [-0.25, -0.2) is 0 Å². The smallest absolute Gasteiger partial charge is 0.173 e. The Kier molecular flexibility index (Phi) is 6.41. The van der Waals surface area contributed by atoms with E-state index in [1.54, 1.807) is 6.07 Å². The Bertz CT molecular complexity index is 802. The van der Waals surface area contributed by atoms with Crippen molar-refractivity contribution < 1.29 is 0 Å². The van der Waals surface area contributed by atoms with Gasteiger partial charge in [0.25, 0.3) is 0 Å². The van der Waals surface area contributed by atoms with E-state index >= 15 is 0 Å². The maximum Gasteiger partial charge on any atom is 0.173 e. The summed E-state index contributed by atoms with van der Waals surface area (Å²) in [4.78, 5) is 4.62. The first-order valence-corrected chi connectivity index (χ1v) is 9.88. The first-order chi connectivity index (χ1) is 12.4. The number of nitrogens with zero attached hydrogens (tertiary/aromatic N) is 2. The molecule has 0 unspecified atom stereocenters. The molecule has 26 heavy (non-hydrogen) atoms. The van der Waals surface area contributed by atoms with E-state index in [0.717, 1.165) is 54.1 Å². The number of anilines is 1. The van der Waals surface area contributed by atoms with Crippen LogP contribution in [-0.2, 0) is 6.54 Å². The number of benzene rings is 2. The number of hydrogen-bond donors (Lipinski definition) is 1. The summed E-state index contributed by atoms with van der Waals surface area (Å²) in [6, 6.07) is 12.1. The highest BCUT2D eigenvalue weighted by Gasteiger charge is 2.20. The van der Waals surface area contributed by atoms with Gasteiger partial charge in [0.15, 0.2) is 5.11 Å². The van der Waals surface area contributed by atoms with Crippen LogP contribution in [0.25, 0.3) is 0 Å². The maximum absolute atomic E-state index is 6.29. The first-order valence-electron chi connectivity index (χ1n) is 8.72. The summed E-state index contributed by atoms with van der Waals surface area (Å²) < 4.78 is 0. The van der Waals surface area contributed by atoms with E-state index in [-0.39, 0.29) is 0 Å². The fraction of sp³-hybridized carbons (Fsp3) is 0.350. The van der Waals surface area contributed by atoms with Crippen LogP contribution in [0.1, 0.15) is 16.7 Å². The monoisotopic (exact) mass is 407 g/mol.